The zero-order chi connectivity index (χ0) is 13.1. The number of aryl methyl sites for hydroxylation is 2. The van der Waals surface area contributed by atoms with E-state index in [1.807, 2.05) is 11.3 Å². The van der Waals surface area contributed by atoms with Crippen LogP contribution in [0.3, 0.4) is 0 Å². The Morgan fingerprint density at radius 1 is 1.37 bits per heavy atom. The van der Waals surface area contributed by atoms with E-state index < -0.39 is 0 Å². The van der Waals surface area contributed by atoms with Gasteiger partial charge in [-0.2, -0.15) is 0 Å². The standard InChI is InChI=1S/C15H24N2OS/c16-17-13(8-7-12-5-3-9-18-12)15-10-11-4-1-2-6-14(11)19-15/h10,12-13,17H,1-9,16H2. The molecule has 3 nitrogen and oxygen atoms in total. The van der Waals surface area contributed by atoms with E-state index >= 15 is 0 Å². The Hall–Kier alpha value is -0.420. The first-order valence-corrected chi connectivity index (χ1v) is 8.37. The van der Waals surface area contributed by atoms with Crippen molar-refractivity contribution >= 4 is 11.3 Å². The third kappa shape index (κ3) is 3.19. The highest BCUT2D eigenvalue weighted by molar-refractivity contribution is 7.12. The van der Waals surface area contributed by atoms with Gasteiger partial charge in [-0.15, -0.1) is 11.3 Å². The molecule has 2 aliphatic rings. The van der Waals surface area contributed by atoms with Crippen LogP contribution >= 0.6 is 11.3 Å². The number of thiophene rings is 1. The Morgan fingerprint density at radius 3 is 3.00 bits per heavy atom. The van der Waals surface area contributed by atoms with E-state index in [2.05, 4.69) is 11.5 Å². The van der Waals surface area contributed by atoms with E-state index in [4.69, 9.17) is 10.6 Å². The smallest absolute Gasteiger partial charge is 0.0576 e. The molecule has 1 aliphatic carbocycles. The molecule has 2 unspecified atom stereocenters. The topological polar surface area (TPSA) is 47.3 Å². The lowest BCUT2D eigenvalue weighted by Gasteiger charge is -2.16. The molecule has 0 aromatic carbocycles. The summed E-state index contributed by atoms with van der Waals surface area (Å²) in [5, 5.41) is 0. The van der Waals surface area contributed by atoms with E-state index in [0.717, 1.165) is 19.4 Å². The highest BCUT2D eigenvalue weighted by Gasteiger charge is 2.21. The summed E-state index contributed by atoms with van der Waals surface area (Å²) in [6, 6.07) is 2.69. The van der Waals surface area contributed by atoms with Crippen molar-refractivity contribution in [2.24, 2.45) is 5.84 Å². The molecule has 19 heavy (non-hydrogen) atoms. The molecular formula is C15H24N2OS. The van der Waals surface area contributed by atoms with Crippen LogP contribution in [0.1, 0.15) is 59.9 Å². The molecule has 4 heteroatoms. The number of nitrogens with two attached hydrogens (primary N) is 1. The number of hydrazine groups is 1. The van der Waals surface area contributed by atoms with Gasteiger partial charge in [0, 0.05) is 16.4 Å². The minimum atomic E-state index is 0.305. The predicted octanol–water partition coefficient (Wildman–Crippen LogP) is 3.09. The molecule has 1 saturated heterocycles. The molecule has 2 heterocycles. The summed E-state index contributed by atoms with van der Waals surface area (Å²) >= 11 is 1.97. The van der Waals surface area contributed by atoms with E-state index in [-0.39, 0.29) is 0 Å². The first-order valence-electron chi connectivity index (χ1n) is 7.56. The highest BCUT2D eigenvalue weighted by Crippen LogP contribution is 2.34. The number of rotatable bonds is 5. The maximum absolute atomic E-state index is 5.76. The summed E-state index contributed by atoms with van der Waals surface area (Å²) in [4.78, 5) is 3.02. The van der Waals surface area contributed by atoms with Crippen molar-refractivity contribution in [2.45, 2.75) is 63.5 Å². The number of hydrogen-bond donors (Lipinski definition) is 2. The lowest BCUT2D eigenvalue weighted by Crippen LogP contribution is -2.28. The largest absolute Gasteiger partial charge is 0.378 e. The average Bonchev–Trinajstić information content (AvgIpc) is 3.08. The van der Waals surface area contributed by atoms with Crippen molar-refractivity contribution in [1.82, 2.24) is 5.43 Å². The number of ether oxygens (including phenoxy) is 1. The van der Waals surface area contributed by atoms with Crippen LogP contribution in [0.15, 0.2) is 6.07 Å². The number of nitrogens with one attached hydrogen (secondary N) is 1. The van der Waals surface area contributed by atoms with Gasteiger partial charge in [-0.05, 0) is 63.0 Å². The van der Waals surface area contributed by atoms with Crippen LogP contribution in [0.5, 0.6) is 0 Å². The molecule has 2 atom stereocenters. The summed E-state index contributed by atoms with van der Waals surface area (Å²) in [5.74, 6) is 5.76. The van der Waals surface area contributed by atoms with Crippen molar-refractivity contribution in [1.29, 1.82) is 0 Å². The second-order valence-electron chi connectivity index (χ2n) is 5.74. The molecule has 0 spiro atoms. The second kappa shape index (κ2) is 6.35. The van der Waals surface area contributed by atoms with Gasteiger partial charge >= 0.3 is 0 Å². The summed E-state index contributed by atoms with van der Waals surface area (Å²) < 4.78 is 5.70. The summed E-state index contributed by atoms with van der Waals surface area (Å²) in [6.45, 7) is 0.943. The molecule has 1 aromatic rings. The fraction of sp³-hybridized carbons (Fsp3) is 0.733. The molecule has 1 aromatic heterocycles. The Kier molecular flexibility index (Phi) is 4.53. The van der Waals surface area contributed by atoms with Crippen molar-refractivity contribution in [3.05, 3.63) is 21.4 Å². The van der Waals surface area contributed by atoms with E-state index in [1.165, 1.54) is 43.4 Å². The minimum Gasteiger partial charge on any atom is -0.378 e. The SMILES string of the molecule is NNC(CCC1CCCO1)c1cc2c(s1)CCCC2. The van der Waals surface area contributed by atoms with Crippen LogP contribution in [0.25, 0.3) is 0 Å². The first kappa shape index (κ1) is 13.6. The van der Waals surface area contributed by atoms with Crippen LogP contribution in [0.4, 0.5) is 0 Å². The summed E-state index contributed by atoms with van der Waals surface area (Å²) in [7, 11) is 0. The maximum Gasteiger partial charge on any atom is 0.0576 e. The molecule has 0 amide bonds. The van der Waals surface area contributed by atoms with Crippen molar-refractivity contribution < 1.29 is 4.74 Å². The van der Waals surface area contributed by atoms with Gasteiger partial charge in [0.05, 0.1) is 12.1 Å². The fourth-order valence-electron chi connectivity index (χ4n) is 3.22. The minimum absolute atomic E-state index is 0.305. The molecule has 1 aliphatic heterocycles. The van der Waals surface area contributed by atoms with Gasteiger partial charge in [0.15, 0.2) is 0 Å². The first-order chi connectivity index (χ1) is 9.36. The predicted molar refractivity (Wildman–Crippen MR) is 79.2 cm³/mol. The van der Waals surface area contributed by atoms with Crippen LogP contribution in [-0.4, -0.2) is 12.7 Å². The normalized spacial score (nSPS) is 24.4. The third-order valence-electron chi connectivity index (χ3n) is 4.36. The monoisotopic (exact) mass is 280 g/mol. The quantitative estimate of drug-likeness (QED) is 0.643. The van der Waals surface area contributed by atoms with Crippen LogP contribution < -0.4 is 11.3 Å². The number of hydrogen-bond acceptors (Lipinski definition) is 4. The zero-order valence-electron chi connectivity index (χ0n) is 11.5. The van der Waals surface area contributed by atoms with E-state index in [0.29, 0.717) is 12.1 Å². The van der Waals surface area contributed by atoms with Gasteiger partial charge in [-0.1, -0.05) is 0 Å². The van der Waals surface area contributed by atoms with Gasteiger partial charge in [-0.3, -0.25) is 11.3 Å². The van der Waals surface area contributed by atoms with Crippen molar-refractivity contribution in [3.8, 4) is 0 Å². The zero-order valence-corrected chi connectivity index (χ0v) is 12.3. The van der Waals surface area contributed by atoms with Gasteiger partial charge < -0.3 is 4.74 Å². The fourth-order valence-corrected chi connectivity index (χ4v) is 4.57. The lowest BCUT2D eigenvalue weighted by atomic mass is 9.98. The Bertz CT molecular complexity index is 389. The summed E-state index contributed by atoms with van der Waals surface area (Å²) in [6.07, 6.45) is 10.3. The third-order valence-corrected chi connectivity index (χ3v) is 5.71. The Labute approximate surface area is 119 Å². The van der Waals surface area contributed by atoms with Crippen molar-refractivity contribution in [3.63, 3.8) is 0 Å². The molecule has 3 rings (SSSR count). The lowest BCUT2D eigenvalue weighted by molar-refractivity contribution is 0.0997. The van der Waals surface area contributed by atoms with E-state index in [1.54, 1.807) is 10.4 Å². The average molecular weight is 280 g/mol. The molecule has 1 fully saturated rings. The molecule has 106 valence electrons. The molecule has 0 radical (unpaired) electrons. The van der Waals surface area contributed by atoms with Crippen LogP contribution in [0.2, 0.25) is 0 Å². The van der Waals surface area contributed by atoms with E-state index in [9.17, 15) is 0 Å². The van der Waals surface area contributed by atoms with Gasteiger partial charge in [0.2, 0.25) is 0 Å². The van der Waals surface area contributed by atoms with Crippen LogP contribution in [-0.2, 0) is 17.6 Å². The Morgan fingerprint density at radius 2 is 2.26 bits per heavy atom. The molecular weight excluding hydrogens is 256 g/mol. The van der Waals surface area contributed by atoms with Gasteiger partial charge in [-0.25, -0.2) is 0 Å². The van der Waals surface area contributed by atoms with Crippen LogP contribution in [0, 0.1) is 0 Å². The summed E-state index contributed by atoms with van der Waals surface area (Å²) in [5.41, 5.74) is 4.58. The van der Waals surface area contributed by atoms with Crippen molar-refractivity contribution in [2.75, 3.05) is 6.61 Å². The molecule has 0 bridgehead atoms. The van der Waals surface area contributed by atoms with Gasteiger partial charge in [0.25, 0.3) is 0 Å². The Balaban J connectivity index is 1.62. The molecule has 3 N–H and O–H groups in total. The molecule has 0 saturated carbocycles. The maximum atomic E-state index is 5.76. The van der Waals surface area contributed by atoms with Gasteiger partial charge in [0.1, 0.15) is 0 Å². The highest BCUT2D eigenvalue weighted by atomic mass is 32.1. The number of fused-ring (bicyclic) bond motifs is 1. The second-order valence-corrected chi connectivity index (χ2v) is 6.90.